The lowest BCUT2D eigenvalue weighted by molar-refractivity contribution is -0.143. The Morgan fingerprint density at radius 2 is 2.30 bits per heavy atom. The van der Waals surface area contributed by atoms with Crippen molar-refractivity contribution in [2.75, 3.05) is 13.7 Å². The fourth-order valence-corrected chi connectivity index (χ4v) is 1.82. The topological polar surface area (TPSA) is 92.9 Å². The lowest BCUT2D eigenvalue weighted by atomic mass is 10.2. The Balaban J connectivity index is 2.01. The number of amides is 1. The van der Waals surface area contributed by atoms with E-state index in [0.717, 1.165) is 5.65 Å². The van der Waals surface area contributed by atoms with E-state index in [1.54, 1.807) is 10.6 Å². The molecule has 2 N–H and O–H groups in total. The van der Waals surface area contributed by atoms with Crippen LogP contribution in [0.5, 0.6) is 0 Å². The molecule has 1 atom stereocenters. The maximum absolute atomic E-state index is 11.8. The van der Waals surface area contributed by atoms with Gasteiger partial charge in [0, 0.05) is 19.5 Å². The Morgan fingerprint density at radius 3 is 2.95 bits per heavy atom. The molecule has 0 aliphatic heterocycles. The van der Waals surface area contributed by atoms with E-state index in [-0.39, 0.29) is 13.0 Å². The number of aromatic nitrogens is 2. The van der Waals surface area contributed by atoms with Gasteiger partial charge in [-0.05, 0) is 12.1 Å². The van der Waals surface area contributed by atoms with Crippen LogP contribution in [0.15, 0.2) is 30.6 Å². The van der Waals surface area contributed by atoms with Crippen LogP contribution in [0.25, 0.3) is 5.65 Å². The van der Waals surface area contributed by atoms with Crippen molar-refractivity contribution < 1.29 is 19.4 Å². The smallest absolute Gasteiger partial charge is 0.328 e. The van der Waals surface area contributed by atoms with Crippen molar-refractivity contribution in [3.8, 4) is 0 Å². The summed E-state index contributed by atoms with van der Waals surface area (Å²) in [4.78, 5) is 27.0. The van der Waals surface area contributed by atoms with Crippen LogP contribution in [0, 0.1) is 0 Å². The molecule has 0 saturated carbocycles. The summed E-state index contributed by atoms with van der Waals surface area (Å²) in [7, 11) is 1.38. The summed E-state index contributed by atoms with van der Waals surface area (Å²) >= 11 is 0. The van der Waals surface area contributed by atoms with Gasteiger partial charge in [0.25, 0.3) is 0 Å². The summed E-state index contributed by atoms with van der Waals surface area (Å²) in [5.74, 6) is -1.53. The molecule has 7 nitrogen and oxygen atoms in total. The number of ether oxygens (including phenoxy) is 1. The second-order valence-electron chi connectivity index (χ2n) is 4.29. The number of carbonyl (C=O) groups excluding carboxylic acids is 1. The number of carboxylic acids is 1. The van der Waals surface area contributed by atoms with E-state index in [1.165, 1.54) is 7.11 Å². The van der Waals surface area contributed by atoms with Gasteiger partial charge in [-0.2, -0.15) is 0 Å². The van der Waals surface area contributed by atoms with E-state index in [1.807, 2.05) is 24.4 Å². The van der Waals surface area contributed by atoms with Crippen LogP contribution in [-0.4, -0.2) is 46.1 Å². The number of methoxy groups -OCH3 is 1. The van der Waals surface area contributed by atoms with E-state index in [9.17, 15) is 9.59 Å². The molecule has 7 heteroatoms. The molecule has 1 amide bonds. The van der Waals surface area contributed by atoms with Crippen molar-refractivity contribution in [3.05, 3.63) is 36.3 Å². The van der Waals surface area contributed by atoms with Crippen molar-refractivity contribution in [2.45, 2.75) is 12.5 Å². The number of carbonyl (C=O) groups is 2. The van der Waals surface area contributed by atoms with Gasteiger partial charge in [-0.3, -0.25) is 4.79 Å². The average molecular weight is 277 g/mol. The second-order valence-corrected chi connectivity index (χ2v) is 4.29. The van der Waals surface area contributed by atoms with Gasteiger partial charge in [0.2, 0.25) is 5.91 Å². The van der Waals surface area contributed by atoms with Crippen LogP contribution in [0.4, 0.5) is 0 Å². The lowest BCUT2D eigenvalue weighted by Gasteiger charge is -2.12. The monoisotopic (exact) mass is 277 g/mol. The Labute approximate surface area is 115 Å². The van der Waals surface area contributed by atoms with Crippen molar-refractivity contribution in [1.82, 2.24) is 14.7 Å². The largest absolute Gasteiger partial charge is 0.480 e. The molecule has 0 bridgehead atoms. The number of aliphatic carboxylic acids is 1. The second kappa shape index (κ2) is 6.16. The molecule has 2 heterocycles. The third-order valence-electron chi connectivity index (χ3n) is 2.72. The first-order valence-corrected chi connectivity index (χ1v) is 6.04. The summed E-state index contributed by atoms with van der Waals surface area (Å²) in [6, 6.07) is 4.49. The summed E-state index contributed by atoms with van der Waals surface area (Å²) in [5.41, 5.74) is 1.32. The molecule has 2 aromatic rings. The lowest BCUT2D eigenvalue weighted by Crippen LogP contribution is -2.44. The van der Waals surface area contributed by atoms with Gasteiger partial charge >= 0.3 is 5.97 Å². The van der Waals surface area contributed by atoms with Crippen LogP contribution in [0.2, 0.25) is 0 Å². The normalized spacial score (nSPS) is 12.2. The molecule has 0 fully saturated rings. The number of nitrogens with one attached hydrogen (secondary N) is 1. The first-order chi connectivity index (χ1) is 9.60. The third-order valence-corrected chi connectivity index (χ3v) is 2.72. The Bertz CT molecular complexity index is 590. The van der Waals surface area contributed by atoms with E-state index in [4.69, 9.17) is 9.84 Å². The molecular weight excluding hydrogens is 262 g/mol. The zero-order chi connectivity index (χ0) is 14.5. The molecule has 0 spiro atoms. The summed E-state index contributed by atoms with van der Waals surface area (Å²) in [5, 5.41) is 11.3. The SMILES string of the molecule is COCC(NC(=O)Cc1cn2ccccc2n1)C(=O)O. The number of pyridine rings is 1. The molecule has 20 heavy (non-hydrogen) atoms. The molecule has 0 aliphatic rings. The highest BCUT2D eigenvalue weighted by Gasteiger charge is 2.20. The Kier molecular flexibility index (Phi) is 4.31. The van der Waals surface area contributed by atoms with Crippen molar-refractivity contribution in [2.24, 2.45) is 0 Å². The van der Waals surface area contributed by atoms with Gasteiger partial charge in [0.15, 0.2) is 6.04 Å². The minimum Gasteiger partial charge on any atom is -0.480 e. The van der Waals surface area contributed by atoms with Crippen LogP contribution < -0.4 is 5.32 Å². The van der Waals surface area contributed by atoms with Crippen LogP contribution in [0.1, 0.15) is 5.69 Å². The first-order valence-electron chi connectivity index (χ1n) is 6.04. The highest BCUT2D eigenvalue weighted by molar-refractivity contribution is 5.84. The molecule has 0 radical (unpaired) electrons. The predicted molar refractivity (Wildman–Crippen MR) is 70.3 cm³/mol. The third kappa shape index (κ3) is 3.33. The first kappa shape index (κ1) is 14.0. The number of carboxylic acid groups (broad SMARTS) is 1. The molecule has 2 rings (SSSR count). The van der Waals surface area contributed by atoms with Gasteiger partial charge < -0.3 is 19.6 Å². The van der Waals surface area contributed by atoms with Crippen molar-refractivity contribution in [1.29, 1.82) is 0 Å². The fraction of sp³-hybridized carbons (Fsp3) is 0.308. The van der Waals surface area contributed by atoms with Crippen LogP contribution in [-0.2, 0) is 20.7 Å². The Hall–Kier alpha value is -2.41. The number of rotatable bonds is 6. The molecule has 0 aliphatic carbocycles. The maximum atomic E-state index is 11.8. The number of nitrogens with zero attached hydrogens (tertiary/aromatic N) is 2. The maximum Gasteiger partial charge on any atom is 0.328 e. The average Bonchev–Trinajstić information content (AvgIpc) is 2.79. The molecular formula is C13H15N3O4. The van der Waals surface area contributed by atoms with E-state index in [0.29, 0.717) is 5.69 Å². The highest BCUT2D eigenvalue weighted by Crippen LogP contribution is 2.05. The highest BCUT2D eigenvalue weighted by atomic mass is 16.5. The summed E-state index contributed by atoms with van der Waals surface area (Å²) in [6.07, 6.45) is 3.59. The zero-order valence-electron chi connectivity index (χ0n) is 10.9. The van der Waals surface area contributed by atoms with Gasteiger partial charge in [-0.15, -0.1) is 0 Å². The fourth-order valence-electron chi connectivity index (χ4n) is 1.82. The standard InChI is InChI=1S/C13H15N3O4/c1-20-8-10(13(18)19)15-12(17)6-9-7-16-5-3-2-4-11(16)14-9/h2-5,7,10H,6,8H2,1H3,(H,15,17)(H,18,19). The van der Waals surface area contributed by atoms with Crippen molar-refractivity contribution in [3.63, 3.8) is 0 Å². The molecule has 1 unspecified atom stereocenters. The zero-order valence-corrected chi connectivity index (χ0v) is 10.9. The van der Waals surface area contributed by atoms with Gasteiger partial charge in [0.05, 0.1) is 18.7 Å². The Morgan fingerprint density at radius 1 is 1.50 bits per heavy atom. The van der Waals surface area contributed by atoms with E-state index in [2.05, 4.69) is 10.3 Å². The van der Waals surface area contributed by atoms with Gasteiger partial charge in [-0.1, -0.05) is 6.07 Å². The molecule has 0 aromatic carbocycles. The number of hydrogen-bond donors (Lipinski definition) is 2. The van der Waals surface area contributed by atoms with Crippen molar-refractivity contribution >= 4 is 17.5 Å². The van der Waals surface area contributed by atoms with Gasteiger partial charge in [0.1, 0.15) is 5.65 Å². The van der Waals surface area contributed by atoms with E-state index >= 15 is 0 Å². The summed E-state index contributed by atoms with van der Waals surface area (Å²) < 4.78 is 6.55. The minimum absolute atomic E-state index is 0.0230. The number of hydrogen-bond acceptors (Lipinski definition) is 4. The van der Waals surface area contributed by atoms with Crippen LogP contribution >= 0.6 is 0 Å². The predicted octanol–water partition coefficient (Wildman–Crippen LogP) is 0.0926. The van der Waals surface area contributed by atoms with Gasteiger partial charge in [-0.25, -0.2) is 9.78 Å². The van der Waals surface area contributed by atoms with E-state index < -0.39 is 17.9 Å². The number of imidazole rings is 1. The molecule has 0 saturated heterocycles. The quantitative estimate of drug-likeness (QED) is 0.780. The molecule has 106 valence electrons. The summed E-state index contributed by atoms with van der Waals surface area (Å²) in [6.45, 7) is -0.0771. The molecule has 2 aromatic heterocycles. The van der Waals surface area contributed by atoms with Crippen LogP contribution in [0.3, 0.4) is 0 Å². The minimum atomic E-state index is -1.13. The number of fused-ring (bicyclic) bond motifs is 1.